The van der Waals surface area contributed by atoms with Crippen LogP contribution in [0.3, 0.4) is 0 Å². The Morgan fingerprint density at radius 3 is 2.83 bits per heavy atom. The highest BCUT2D eigenvalue weighted by atomic mass is 16.6. The summed E-state index contributed by atoms with van der Waals surface area (Å²) in [7, 11) is 0. The monoisotopic (exact) mass is 488 g/mol. The molecular formula is C22H20N10O4. The highest BCUT2D eigenvalue weighted by Gasteiger charge is 2.27. The summed E-state index contributed by atoms with van der Waals surface area (Å²) in [5.41, 5.74) is 11.0. The summed E-state index contributed by atoms with van der Waals surface area (Å²) in [4.78, 5) is 25.8. The number of hydrazone groups is 1. The first-order valence-electron chi connectivity index (χ1n) is 11.0. The van der Waals surface area contributed by atoms with Crippen molar-refractivity contribution in [2.45, 2.75) is 19.4 Å². The molecule has 4 aromatic rings. The van der Waals surface area contributed by atoms with Crippen LogP contribution in [0.2, 0.25) is 0 Å². The number of carbonyl (C=O) groups excluding carboxylic acids is 1. The van der Waals surface area contributed by atoms with Crippen LogP contribution in [0.15, 0.2) is 58.3 Å². The molecule has 0 atom stereocenters. The number of rotatable bonds is 7. The normalized spacial score (nSPS) is 13.1. The average molecular weight is 488 g/mol. The van der Waals surface area contributed by atoms with Crippen LogP contribution < -0.4 is 16.1 Å². The maximum atomic E-state index is 13.0. The fourth-order valence-corrected chi connectivity index (χ4v) is 4.06. The van der Waals surface area contributed by atoms with E-state index in [0.29, 0.717) is 5.69 Å². The Morgan fingerprint density at radius 1 is 1.22 bits per heavy atom. The van der Waals surface area contributed by atoms with Crippen molar-refractivity contribution in [3.63, 3.8) is 0 Å². The lowest BCUT2D eigenvalue weighted by atomic mass is 10.0. The number of aryl methyl sites for hydroxylation is 1. The number of fused-ring (bicyclic) bond motifs is 1. The predicted molar refractivity (Wildman–Crippen MR) is 128 cm³/mol. The number of amides is 1. The summed E-state index contributed by atoms with van der Waals surface area (Å²) >= 11 is 0. The number of hydrogen-bond acceptors (Lipinski definition) is 11. The van der Waals surface area contributed by atoms with E-state index in [9.17, 15) is 14.9 Å². The molecule has 0 saturated carbocycles. The first-order valence-corrected chi connectivity index (χ1v) is 11.0. The lowest BCUT2D eigenvalue weighted by molar-refractivity contribution is -0.385. The van der Waals surface area contributed by atoms with E-state index in [1.165, 1.54) is 28.6 Å². The molecule has 0 saturated heterocycles. The number of hydrogen-bond donors (Lipinski definition) is 2. The van der Waals surface area contributed by atoms with Gasteiger partial charge in [-0.15, -0.1) is 5.10 Å². The van der Waals surface area contributed by atoms with Gasteiger partial charge < -0.3 is 10.6 Å². The molecular weight excluding hydrogens is 468 g/mol. The van der Waals surface area contributed by atoms with Crippen molar-refractivity contribution in [3.8, 4) is 5.82 Å². The second-order valence-electron chi connectivity index (χ2n) is 7.94. The minimum absolute atomic E-state index is 0.0124. The Bertz CT molecular complexity index is 1460. The number of nitrogens with one attached hydrogen (secondary N) is 1. The van der Waals surface area contributed by atoms with Gasteiger partial charge in [0.25, 0.3) is 11.6 Å². The number of nitrogen functional groups attached to an aromatic ring is 1. The zero-order valence-electron chi connectivity index (χ0n) is 18.8. The first-order chi connectivity index (χ1) is 17.5. The van der Waals surface area contributed by atoms with Crippen molar-refractivity contribution in [2.75, 3.05) is 17.2 Å². The van der Waals surface area contributed by atoms with E-state index < -0.39 is 10.8 Å². The minimum atomic E-state index is -0.661. The predicted octanol–water partition coefficient (Wildman–Crippen LogP) is 1.86. The van der Waals surface area contributed by atoms with E-state index in [4.69, 9.17) is 10.4 Å². The van der Waals surface area contributed by atoms with Gasteiger partial charge in [-0.05, 0) is 40.9 Å². The molecule has 3 heterocycles. The molecule has 182 valence electrons. The molecule has 0 spiro atoms. The summed E-state index contributed by atoms with van der Waals surface area (Å²) in [5, 5.41) is 30.6. The Hall–Kier alpha value is -5.14. The smallest absolute Gasteiger partial charge is 0.293 e. The van der Waals surface area contributed by atoms with Crippen molar-refractivity contribution >= 4 is 29.3 Å². The van der Waals surface area contributed by atoms with Gasteiger partial charge in [0.1, 0.15) is 0 Å². The van der Waals surface area contributed by atoms with Gasteiger partial charge in [-0.2, -0.15) is 9.78 Å². The molecule has 3 N–H and O–H groups in total. The molecule has 1 amide bonds. The molecule has 0 aliphatic carbocycles. The molecule has 0 unspecified atom stereocenters. The van der Waals surface area contributed by atoms with Gasteiger partial charge in [-0.1, -0.05) is 35.5 Å². The van der Waals surface area contributed by atoms with Crippen molar-refractivity contribution < 1.29 is 14.3 Å². The third kappa shape index (κ3) is 4.34. The van der Waals surface area contributed by atoms with E-state index >= 15 is 0 Å². The lowest BCUT2D eigenvalue weighted by Gasteiger charge is -2.31. The summed E-state index contributed by atoms with van der Waals surface area (Å²) in [6.45, 7) is 1.03. The Kier molecular flexibility index (Phi) is 6.05. The zero-order valence-corrected chi connectivity index (χ0v) is 18.8. The molecule has 14 nitrogen and oxygen atoms in total. The molecule has 1 aliphatic rings. The zero-order chi connectivity index (χ0) is 25.1. The van der Waals surface area contributed by atoms with Crippen LogP contribution in [-0.4, -0.2) is 48.9 Å². The fraction of sp³-hybridized carbons (Fsp3) is 0.182. The first kappa shape index (κ1) is 22.6. The summed E-state index contributed by atoms with van der Waals surface area (Å²) in [6, 6.07) is 14.1. The van der Waals surface area contributed by atoms with Crippen LogP contribution in [-0.2, 0) is 13.0 Å². The quantitative estimate of drug-likeness (QED) is 0.221. The van der Waals surface area contributed by atoms with Crippen LogP contribution in [0.5, 0.6) is 0 Å². The number of nitro benzene ring substituents is 1. The van der Waals surface area contributed by atoms with Gasteiger partial charge in [0, 0.05) is 18.3 Å². The van der Waals surface area contributed by atoms with E-state index in [-0.39, 0.29) is 35.1 Å². The molecule has 1 aliphatic heterocycles. The number of anilines is 2. The van der Waals surface area contributed by atoms with Crippen LogP contribution in [0, 0.1) is 10.1 Å². The van der Waals surface area contributed by atoms with Crippen molar-refractivity contribution in [1.29, 1.82) is 0 Å². The van der Waals surface area contributed by atoms with Crippen LogP contribution in [0.4, 0.5) is 17.2 Å². The number of benzene rings is 2. The van der Waals surface area contributed by atoms with E-state index in [2.05, 4.69) is 42.1 Å². The molecule has 2 aromatic carbocycles. The highest BCUT2D eigenvalue weighted by molar-refractivity contribution is 5.94. The molecule has 14 heteroatoms. The van der Waals surface area contributed by atoms with Crippen molar-refractivity contribution in [1.82, 2.24) is 30.7 Å². The maximum absolute atomic E-state index is 13.0. The van der Waals surface area contributed by atoms with Crippen LogP contribution in [0.1, 0.15) is 33.7 Å². The maximum Gasteiger partial charge on any atom is 0.293 e. The van der Waals surface area contributed by atoms with Gasteiger partial charge in [0.2, 0.25) is 11.6 Å². The molecule has 0 radical (unpaired) electrons. The number of nitro groups is 1. The topological polar surface area (TPSA) is 183 Å². The minimum Gasteiger partial charge on any atom is -0.378 e. The van der Waals surface area contributed by atoms with Crippen LogP contribution >= 0.6 is 0 Å². The average Bonchev–Trinajstić information content (AvgIpc) is 3.50. The molecule has 2 aromatic heterocycles. The van der Waals surface area contributed by atoms with E-state index in [0.717, 1.165) is 25.1 Å². The standard InChI is InChI=1S/C22H20N10O4/c23-20-21(28-36-27-20)31-18(13-30-11-5-8-14-6-1-3-9-16(14)30)19(25-29-31)22(33)26-24-12-15-7-2-4-10-17(15)32(34)35/h1-4,6-7,9-10,12H,5,8,11,13H2,(H2,23,27)(H,26,33)/b24-12+. The van der Waals surface area contributed by atoms with Gasteiger partial charge in [-0.25, -0.2) is 10.1 Å². The third-order valence-corrected chi connectivity index (χ3v) is 5.72. The Balaban J connectivity index is 1.45. The summed E-state index contributed by atoms with van der Waals surface area (Å²) in [6.07, 6.45) is 3.09. The number of nitrogens with zero attached hydrogens (tertiary/aromatic N) is 8. The number of aromatic nitrogens is 5. The van der Waals surface area contributed by atoms with E-state index in [1.54, 1.807) is 12.1 Å². The highest BCUT2D eigenvalue weighted by Crippen LogP contribution is 2.29. The molecule has 5 rings (SSSR count). The largest absolute Gasteiger partial charge is 0.378 e. The van der Waals surface area contributed by atoms with Crippen molar-refractivity contribution in [2.24, 2.45) is 5.10 Å². The molecule has 36 heavy (non-hydrogen) atoms. The number of carbonyl (C=O) groups is 1. The van der Waals surface area contributed by atoms with Gasteiger partial charge >= 0.3 is 0 Å². The Labute approximate surface area is 203 Å². The van der Waals surface area contributed by atoms with Gasteiger partial charge in [0.15, 0.2) is 5.69 Å². The van der Waals surface area contributed by atoms with Gasteiger partial charge in [-0.3, -0.25) is 14.9 Å². The summed E-state index contributed by atoms with van der Waals surface area (Å²) < 4.78 is 6.02. The van der Waals surface area contributed by atoms with Gasteiger partial charge in [0.05, 0.1) is 28.9 Å². The number of nitrogens with two attached hydrogens (primary N) is 1. The second-order valence-corrected chi connectivity index (χ2v) is 7.94. The third-order valence-electron chi connectivity index (χ3n) is 5.72. The second kappa shape index (κ2) is 9.61. The van der Waals surface area contributed by atoms with Crippen molar-refractivity contribution in [3.05, 3.63) is 81.2 Å². The summed E-state index contributed by atoms with van der Waals surface area (Å²) in [5.74, 6) is -0.571. The lowest BCUT2D eigenvalue weighted by Crippen LogP contribution is -2.31. The molecule has 0 fully saturated rings. The fourth-order valence-electron chi connectivity index (χ4n) is 4.06. The molecule has 0 bridgehead atoms. The van der Waals surface area contributed by atoms with E-state index in [1.807, 2.05) is 18.2 Å². The Morgan fingerprint density at radius 2 is 2.03 bits per heavy atom. The van der Waals surface area contributed by atoms with Crippen LogP contribution in [0.25, 0.3) is 5.82 Å². The SMILES string of the molecule is Nc1nonc1-n1nnc(C(=O)N/N=C/c2ccccc2[N+](=O)[O-])c1CN1CCCc2ccccc21. The number of para-hydroxylation sites is 2.